The predicted octanol–water partition coefficient (Wildman–Crippen LogP) is 1.87. The molecule has 170 valence electrons. The third-order valence-corrected chi connectivity index (χ3v) is 4.73. The van der Waals surface area contributed by atoms with Gasteiger partial charge in [-0.05, 0) is 45.1 Å². The van der Waals surface area contributed by atoms with Crippen molar-refractivity contribution in [3.8, 4) is 0 Å². The van der Waals surface area contributed by atoms with Gasteiger partial charge in [0.1, 0.15) is 6.73 Å². The fraction of sp³-hybridized carbons (Fsp3) is 0.476. The first-order valence-electron chi connectivity index (χ1n) is 10.0. The van der Waals surface area contributed by atoms with Gasteiger partial charge in [-0.3, -0.25) is 4.57 Å². The first-order valence-corrected chi connectivity index (χ1v) is 10.0. The Labute approximate surface area is 181 Å². The number of carboxylic acid groups (broad SMARTS) is 2. The van der Waals surface area contributed by atoms with E-state index in [9.17, 15) is 9.59 Å². The summed E-state index contributed by atoms with van der Waals surface area (Å²) >= 11 is 0. The molecule has 0 radical (unpaired) electrons. The number of nitrogens with zero attached hydrogens (tertiary/aromatic N) is 3. The molecular formula is C21H30N4O6. The highest BCUT2D eigenvalue weighted by molar-refractivity contribution is 5.89. The molecule has 1 saturated heterocycles. The molecule has 0 atom stereocenters. The predicted molar refractivity (Wildman–Crippen MR) is 116 cm³/mol. The van der Waals surface area contributed by atoms with E-state index in [-0.39, 0.29) is 0 Å². The SMILES string of the molecule is COCCOCn1c(NC2CCN(C)CC2)nc2ccccc21.O=C(O)C=CC(=O)O. The average Bonchev–Trinajstić information content (AvgIpc) is 3.09. The summed E-state index contributed by atoms with van der Waals surface area (Å²) in [7, 11) is 3.86. The Morgan fingerprint density at radius 3 is 2.42 bits per heavy atom. The van der Waals surface area contributed by atoms with Crippen LogP contribution in [0.5, 0.6) is 0 Å². The van der Waals surface area contributed by atoms with E-state index in [0.29, 0.717) is 38.1 Å². The molecule has 1 aliphatic heterocycles. The number of anilines is 1. The van der Waals surface area contributed by atoms with Gasteiger partial charge in [0.2, 0.25) is 5.95 Å². The standard InChI is InChI=1S/C17H26N4O2.C4H4O4/c1-20-9-7-14(8-10-20)18-17-19-15-5-3-4-6-16(15)21(17)13-23-12-11-22-2;5-3(6)1-2-4(7)8/h3-6,14H,7-13H2,1-2H3,(H,18,19);1-2H,(H,5,6)(H,7,8). The van der Waals surface area contributed by atoms with E-state index in [0.717, 1.165) is 42.9 Å². The molecule has 3 rings (SSSR count). The minimum Gasteiger partial charge on any atom is -0.478 e. The van der Waals surface area contributed by atoms with E-state index in [1.54, 1.807) is 7.11 Å². The lowest BCUT2D eigenvalue weighted by atomic mass is 10.1. The van der Waals surface area contributed by atoms with Crippen LogP contribution in [0.25, 0.3) is 11.0 Å². The van der Waals surface area contributed by atoms with Gasteiger partial charge >= 0.3 is 11.9 Å². The van der Waals surface area contributed by atoms with E-state index < -0.39 is 11.9 Å². The first-order chi connectivity index (χ1) is 14.9. The number of fused-ring (bicyclic) bond motifs is 1. The fourth-order valence-corrected chi connectivity index (χ4v) is 3.09. The van der Waals surface area contributed by atoms with E-state index in [2.05, 4.69) is 27.9 Å². The third kappa shape index (κ3) is 8.36. The minimum absolute atomic E-state index is 0.473. The highest BCUT2D eigenvalue weighted by Crippen LogP contribution is 2.22. The largest absolute Gasteiger partial charge is 0.478 e. The van der Waals surface area contributed by atoms with Gasteiger partial charge in [-0.1, -0.05) is 12.1 Å². The number of nitrogens with one attached hydrogen (secondary N) is 1. The van der Waals surface area contributed by atoms with Crippen molar-refractivity contribution in [1.29, 1.82) is 0 Å². The number of methoxy groups -OCH3 is 1. The molecule has 1 aliphatic rings. The van der Waals surface area contributed by atoms with Gasteiger partial charge in [-0.25, -0.2) is 14.6 Å². The van der Waals surface area contributed by atoms with Crippen LogP contribution in [-0.2, 0) is 25.8 Å². The number of piperidine rings is 1. The van der Waals surface area contributed by atoms with Crippen molar-refractivity contribution in [3.63, 3.8) is 0 Å². The molecule has 31 heavy (non-hydrogen) atoms. The minimum atomic E-state index is -1.26. The summed E-state index contributed by atoms with van der Waals surface area (Å²) in [6.07, 6.45) is 3.40. The van der Waals surface area contributed by atoms with Gasteiger partial charge in [-0.2, -0.15) is 0 Å². The zero-order chi connectivity index (χ0) is 22.6. The Morgan fingerprint density at radius 2 is 1.81 bits per heavy atom. The molecule has 0 saturated carbocycles. The maximum atomic E-state index is 9.55. The smallest absolute Gasteiger partial charge is 0.328 e. The van der Waals surface area contributed by atoms with Gasteiger partial charge in [0.05, 0.1) is 24.2 Å². The zero-order valence-corrected chi connectivity index (χ0v) is 17.9. The maximum absolute atomic E-state index is 9.55. The molecule has 2 aromatic rings. The van der Waals surface area contributed by atoms with E-state index >= 15 is 0 Å². The van der Waals surface area contributed by atoms with Crippen molar-refractivity contribution < 1.29 is 29.3 Å². The van der Waals surface area contributed by atoms with Gasteiger partial charge in [0.25, 0.3) is 0 Å². The third-order valence-electron chi connectivity index (χ3n) is 4.73. The van der Waals surface area contributed by atoms with Crippen LogP contribution in [0.15, 0.2) is 36.4 Å². The van der Waals surface area contributed by atoms with Gasteiger partial charge < -0.3 is 29.9 Å². The monoisotopic (exact) mass is 434 g/mol. The van der Waals surface area contributed by atoms with Crippen molar-refractivity contribution in [2.45, 2.75) is 25.6 Å². The molecule has 0 spiro atoms. The molecule has 2 heterocycles. The Balaban J connectivity index is 0.000000366. The average molecular weight is 434 g/mol. The fourth-order valence-electron chi connectivity index (χ4n) is 3.09. The van der Waals surface area contributed by atoms with Crippen molar-refractivity contribution in [1.82, 2.24) is 14.5 Å². The van der Waals surface area contributed by atoms with Crippen LogP contribution in [0.3, 0.4) is 0 Å². The van der Waals surface area contributed by atoms with Crippen LogP contribution in [0.2, 0.25) is 0 Å². The lowest BCUT2D eigenvalue weighted by Gasteiger charge is -2.29. The van der Waals surface area contributed by atoms with Crippen molar-refractivity contribution >= 4 is 28.9 Å². The van der Waals surface area contributed by atoms with Crippen molar-refractivity contribution in [2.24, 2.45) is 0 Å². The number of carbonyl (C=O) groups is 2. The van der Waals surface area contributed by atoms with Crippen LogP contribution < -0.4 is 5.32 Å². The Morgan fingerprint density at radius 1 is 1.16 bits per heavy atom. The number of hydrogen-bond acceptors (Lipinski definition) is 7. The number of benzene rings is 1. The summed E-state index contributed by atoms with van der Waals surface area (Å²) in [6, 6.07) is 8.66. The number of ether oxygens (including phenoxy) is 2. The molecule has 10 nitrogen and oxygen atoms in total. The van der Waals surface area contributed by atoms with Gasteiger partial charge in [0.15, 0.2) is 0 Å². The number of aliphatic carboxylic acids is 2. The van der Waals surface area contributed by atoms with Crippen LogP contribution in [0.4, 0.5) is 5.95 Å². The van der Waals surface area contributed by atoms with Crippen molar-refractivity contribution in [2.75, 3.05) is 45.8 Å². The molecular weight excluding hydrogens is 404 g/mol. The van der Waals surface area contributed by atoms with E-state index in [4.69, 9.17) is 24.7 Å². The van der Waals surface area contributed by atoms with Crippen LogP contribution in [-0.4, -0.2) is 83.1 Å². The Kier molecular flexibility index (Phi) is 9.95. The maximum Gasteiger partial charge on any atom is 0.328 e. The summed E-state index contributed by atoms with van der Waals surface area (Å²) in [5.74, 6) is -1.61. The summed E-state index contributed by atoms with van der Waals surface area (Å²) in [5.41, 5.74) is 2.10. The molecule has 0 unspecified atom stereocenters. The Hall–Kier alpha value is -2.95. The second kappa shape index (κ2) is 12.7. The van der Waals surface area contributed by atoms with Gasteiger partial charge in [0, 0.05) is 25.3 Å². The van der Waals surface area contributed by atoms with Crippen LogP contribution >= 0.6 is 0 Å². The van der Waals surface area contributed by atoms with E-state index in [1.807, 2.05) is 18.2 Å². The molecule has 1 aromatic heterocycles. The normalized spacial score (nSPS) is 15.0. The number of likely N-dealkylation sites (tertiary alicyclic amines) is 1. The molecule has 1 fully saturated rings. The molecule has 0 aliphatic carbocycles. The highest BCUT2D eigenvalue weighted by Gasteiger charge is 2.19. The molecule has 3 N–H and O–H groups in total. The van der Waals surface area contributed by atoms with E-state index in [1.165, 1.54) is 0 Å². The summed E-state index contributed by atoms with van der Waals surface area (Å²) in [4.78, 5) is 26.2. The summed E-state index contributed by atoms with van der Waals surface area (Å²) in [6.45, 7) is 3.92. The number of rotatable bonds is 9. The molecule has 0 amide bonds. The van der Waals surface area contributed by atoms with Crippen LogP contribution in [0, 0.1) is 0 Å². The highest BCUT2D eigenvalue weighted by atomic mass is 16.5. The second-order valence-electron chi connectivity index (χ2n) is 7.11. The zero-order valence-electron chi connectivity index (χ0n) is 17.9. The number of imidazole rings is 1. The summed E-state index contributed by atoms with van der Waals surface area (Å²) < 4.78 is 12.9. The number of para-hydroxylation sites is 2. The lowest BCUT2D eigenvalue weighted by Crippen LogP contribution is -2.37. The quantitative estimate of drug-likeness (QED) is 0.400. The van der Waals surface area contributed by atoms with Gasteiger partial charge in [-0.15, -0.1) is 0 Å². The molecule has 1 aromatic carbocycles. The molecule has 0 bridgehead atoms. The number of aromatic nitrogens is 2. The second-order valence-corrected chi connectivity index (χ2v) is 7.11. The number of hydrogen-bond donors (Lipinski definition) is 3. The van der Waals surface area contributed by atoms with Crippen molar-refractivity contribution in [3.05, 3.63) is 36.4 Å². The lowest BCUT2D eigenvalue weighted by molar-refractivity contribution is -0.134. The summed E-state index contributed by atoms with van der Waals surface area (Å²) in [5, 5.41) is 19.2. The molecule has 10 heteroatoms. The number of carboxylic acids is 2. The Bertz CT molecular complexity index is 858. The topological polar surface area (TPSA) is 126 Å². The van der Waals surface area contributed by atoms with Crippen LogP contribution in [0.1, 0.15) is 12.8 Å². The first kappa shape index (κ1) is 24.3.